The summed E-state index contributed by atoms with van der Waals surface area (Å²) < 4.78 is 5.10. The lowest BCUT2D eigenvalue weighted by atomic mass is 10.1. The van der Waals surface area contributed by atoms with E-state index in [0.717, 1.165) is 5.56 Å². The molecule has 1 amide bonds. The summed E-state index contributed by atoms with van der Waals surface area (Å²) in [6, 6.07) is 7.09. The van der Waals surface area contributed by atoms with Gasteiger partial charge in [-0.1, -0.05) is 23.7 Å². The van der Waals surface area contributed by atoms with Gasteiger partial charge in [-0.2, -0.15) is 0 Å². The average molecular weight is 256 g/mol. The summed E-state index contributed by atoms with van der Waals surface area (Å²) in [6.07, 6.45) is 0. The van der Waals surface area contributed by atoms with Crippen molar-refractivity contribution in [3.63, 3.8) is 0 Å². The second-order valence-electron chi connectivity index (χ2n) is 4.00. The number of halogens is 1. The van der Waals surface area contributed by atoms with Crippen LogP contribution in [0.3, 0.4) is 0 Å². The summed E-state index contributed by atoms with van der Waals surface area (Å²) in [5, 5.41) is 9.85. The summed E-state index contributed by atoms with van der Waals surface area (Å²) in [4.78, 5) is 13.3. The Morgan fingerprint density at radius 1 is 1.53 bits per heavy atom. The number of benzene rings is 1. The molecule has 1 N–H and O–H groups in total. The number of aliphatic hydroxyl groups excluding tert-OH is 1. The SMILES string of the molecule is O=C1COCC(CO)N1Cc1cccc(Cl)c1. The minimum absolute atomic E-state index is 0.0804. The molecule has 0 spiro atoms. The van der Waals surface area contributed by atoms with Crippen LogP contribution in [0.1, 0.15) is 5.56 Å². The van der Waals surface area contributed by atoms with Gasteiger partial charge in [0.05, 0.1) is 19.3 Å². The third-order valence-electron chi connectivity index (χ3n) is 2.75. The minimum Gasteiger partial charge on any atom is -0.394 e. The highest BCUT2D eigenvalue weighted by atomic mass is 35.5. The molecule has 1 aliphatic rings. The van der Waals surface area contributed by atoms with E-state index in [2.05, 4.69) is 0 Å². The molecule has 17 heavy (non-hydrogen) atoms. The lowest BCUT2D eigenvalue weighted by Gasteiger charge is -2.34. The van der Waals surface area contributed by atoms with Crippen molar-refractivity contribution >= 4 is 17.5 Å². The van der Waals surface area contributed by atoms with Crippen LogP contribution in [-0.2, 0) is 16.1 Å². The topological polar surface area (TPSA) is 49.8 Å². The van der Waals surface area contributed by atoms with Crippen molar-refractivity contribution in [3.8, 4) is 0 Å². The molecule has 1 aliphatic heterocycles. The van der Waals surface area contributed by atoms with Gasteiger partial charge >= 0.3 is 0 Å². The minimum atomic E-state index is -0.268. The first-order chi connectivity index (χ1) is 8.20. The Balaban J connectivity index is 2.12. The van der Waals surface area contributed by atoms with Crippen LogP contribution in [0, 0.1) is 0 Å². The standard InChI is InChI=1S/C12H14ClNO3/c13-10-3-1-2-9(4-10)5-14-11(6-15)7-17-8-12(14)16/h1-4,11,15H,5-8H2. The molecular weight excluding hydrogens is 242 g/mol. The Bertz CT molecular complexity index is 410. The Hall–Kier alpha value is -1.10. The summed E-state index contributed by atoms with van der Waals surface area (Å²) in [5.74, 6) is -0.102. The molecule has 1 aromatic rings. The molecule has 0 saturated carbocycles. The largest absolute Gasteiger partial charge is 0.394 e. The fourth-order valence-electron chi connectivity index (χ4n) is 1.86. The molecule has 5 heteroatoms. The van der Waals surface area contributed by atoms with Gasteiger partial charge in [-0.05, 0) is 17.7 Å². The summed E-state index contributed by atoms with van der Waals surface area (Å²) >= 11 is 5.89. The fraction of sp³-hybridized carbons (Fsp3) is 0.417. The highest BCUT2D eigenvalue weighted by Crippen LogP contribution is 2.16. The zero-order valence-electron chi connectivity index (χ0n) is 9.30. The van der Waals surface area contributed by atoms with Gasteiger partial charge in [0.25, 0.3) is 0 Å². The summed E-state index contributed by atoms with van der Waals surface area (Å²) in [5.41, 5.74) is 0.950. The second kappa shape index (κ2) is 5.49. The van der Waals surface area contributed by atoms with Crippen molar-refractivity contribution in [3.05, 3.63) is 34.9 Å². The molecule has 2 rings (SSSR count). The number of morpholine rings is 1. The molecule has 0 radical (unpaired) electrons. The number of hydrogen-bond donors (Lipinski definition) is 1. The van der Waals surface area contributed by atoms with Gasteiger partial charge < -0.3 is 14.7 Å². The molecule has 92 valence electrons. The summed E-state index contributed by atoms with van der Waals surface area (Å²) in [7, 11) is 0. The average Bonchev–Trinajstić information content (AvgIpc) is 2.32. The molecule has 1 fully saturated rings. The molecule has 1 unspecified atom stereocenters. The van der Waals surface area contributed by atoms with Crippen LogP contribution in [0.5, 0.6) is 0 Å². The van der Waals surface area contributed by atoms with E-state index < -0.39 is 0 Å². The number of ether oxygens (including phenoxy) is 1. The molecule has 1 heterocycles. The van der Waals surface area contributed by atoms with Crippen LogP contribution in [0.2, 0.25) is 5.02 Å². The summed E-state index contributed by atoms with van der Waals surface area (Å²) in [6.45, 7) is 0.820. The van der Waals surface area contributed by atoms with Crippen molar-refractivity contribution in [1.82, 2.24) is 4.90 Å². The van der Waals surface area contributed by atoms with Crippen molar-refractivity contribution in [2.45, 2.75) is 12.6 Å². The number of nitrogens with zero attached hydrogens (tertiary/aromatic N) is 1. The lowest BCUT2D eigenvalue weighted by Crippen LogP contribution is -2.50. The van der Waals surface area contributed by atoms with Crippen LogP contribution in [0.15, 0.2) is 24.3 Å². The normalized spacial score (nSPS) is 20.7. The van der Waals surface area contributed by atoms with Crippen LogP contribution in [0.4, 0.5) is 0 Å². The first-order valence-electron chi connectivity index (χ1n) is 5.43. The van der Waals surface area contributed by atoms with Gasteiger partial charge in [0.15, 0.2) is 0 Å². The molecule has 0 aromatic heterocycles. The fourth-order valence-corrected chi connectivity index (χ4v) is 2.07. The van der Waals surface area contributed by atoms with E-state index in [-0.39, 0.29) is 25.2 Å². The predicted octanol–water partition coefficient (Wildman–Crippen LogP) is 1.06. The van der Waals surface area contributed by atoms with Crippen molar-refractivity contribution < 1.29 is 14.6 Å². The third-order valence-corrected chi connectivity index (χ3v) is 2.98. The van der Waals surface area contributed by atoms with E-state index in [0.29, 0.717) is 18.2 Å². The second-order valence-corrected chi connectivity index (χ2v) is 4.44. The van der Waals surface area contributed by atoms with E-state index in [4.69, 9.17) is 16.3 Å². The van der Waals surface area contributed by atoms with Crippen molar-refractivity contribution in [2.75, 3.05) is 19.8 Å². The number of amides is 1. The third kappa shape index (κ3) is 2.97. The smallest absolute Gasteiger partial charge is 0.249 e. The van der Waals surface area contributed by atoms with Gasteiger partial charge in [0.1, 0.15) is 6.61 Å². The predicted molar refractivity (Wildman–Crippen MR) is 63.7 cm³/mol. The number of rotatable bonds is 3. The Labute approximate surface area is 105 Å². The zero-order chi connectivity index (χ0) is 12.3. The van der Waals surface area contributed by atoms with Crippen LogP contribution >= 0.6 is 11.6 Å². The van der Waals surface area contributed by atoms with E-state index in [1.54, 1.807) is 11.0 Å². The quantitative estimate of drug-likeness (QED) is 0.879. The molecule has 4 nitrogen and oxygen atoms in total. The molecule has 0 aliphatic carbocycles. The number of carbonyl (C=O) groups is 1. The maximum absolute atomic E-state index is 11.7. The van der Waals surface area contributed by atoms with Gasteiger partial charge in [-0.25, -0.2) is 0 Å². The van der Waals surface area contributed by atoms with Gasteiger partial charge in [-0.3, -0.25) is 4.79 Å². The van der Waals surface area contributed by atoms with E-state index in [1.165, 1.54) is 0 Å². The first kappa shape index (κ1) is 12.4. The maximum atomic E-state index is 11.7. The number of hydrogen-bond acceptors (Lipinski definition) is 3. The first-order valence-corrected chi connectivity index (χ1v) is 5.81. The highest BCUT2D eigenvalue weighted by molar-refractivity contribution is 6.30. The van der Waals surface area contributed by atoms with Gasteiger partial charge in [-0.15, -0.1) is 0 Å². The van der Waals surface area contributed by atoms with Crippen LogP contribution in [-0.4, -0.2) is 41.8 Å². The monoisotopic (exact) mass is 255 g/mol. The molecule has 1 saturated heterocycles. The maximum Gasteiger partial charge on any atom is 0.249 e. The van der Waals surface area contributed by atoms with Gasteiger partial charge in [0, 0.05) is 11.6 Å². The number of aliphatic hydroxyl groups is 1. The van der Waals surface area contributed by atoms with E-state index in [9.17, 15) is 9.90 Å². The number of carbonyl (C=O) groups excluding carboxylic acids is 1. The highest BCUT2D eigenvalue weighted by Gasteiger charge is 2.28. The van der Waals surface area contributed by atoms with E-state index in [1.807, 2.05) is 18.2 Å². The molecule has 1 atom stereocenters. The Morgan fingerprint density at radius 2 is 2.35 bits per heavy atom. The van der Waals surface area contributed by atoms with Crippen LogP contribution < -0.4 is 0 Å². The zero-order valence-corrected chi connectivity index (χ0v) is 10.1. The lowest BCUT2D eigenvalue weighted by molar-refractivity contribution is -0.151. The Morgan fingerprint density at radius 3 is 3.06 bits per heavy atom. The Kier molecular flexibility index (Phi) is 3.99. The van der Waals surface area contributed by atoms with Crippen molar-refractivity contribution in [2.24, 2.45) is 0 Å². The van der Waals surface area contributed by atoms with Crippen molar-refractivity contribution in [1.29, 1.82) is 0 Å². The van der Waals surface area contributed by atoms with Crippen LogP contribution in [0.25, 0.3) is 0 Å². The molecule has 1 aromatic carbocycles. The molecular formula is C12H14ClNO3. The van der Waals surface area contributed by atoms with Gasteiger partial charge in [0.2, 0.25) is 5.91 Å². The molecule has 0 bridgehead atoms. The van der Waals surface area contributed by atoms with E-state index >= 15 is 0 Å².